The molecule has 1 rings (SSSR count). The molecule has 0 aromatic rings. The van der Waals surface area contributed by atoms with Gasteiger partial charge in [-0.25, -0.2) is 13.1 Å². The van der Waals surface area contributed by atoms with Crippen molar-refractivity contribution < 1.29 is 8.42 Å². The largest absolute Gasteiger partial charge is 0.314 e. The van der Waals surface area contributed by atoms with Crippen LogP contribution in [0.1, 0.15) is 59.3 Å². The quantitative estimate of drug-likeness (QED) is 0.644. The second-order valence-corrected chi connectivity index (χ2v) is 8.35. The minimum absolute atomic E-state index is 0.233. The van der Waals surface area contributed by atoms with Crippen LogP contribution >= 0.6 is 0 Å². The van der Waals surface area contributed by atoms with Gasteiger partial charge in [-0.05, 0) is 37.6 Å². The number of sulfonamides is 1. The molecule has 0 heterocycles. The lowest BCUT2D eigenvalue weighted by molar-refractivity contribution is 0.270. The van der Waals surface area contributed by atoms with Gasteiger partial charge < -0.3 is 5.32 Å². The van der Waals surface area contributed by atoms with Crippen LogP contribution in [0.15, 0.2) is 0 Å². The third-order valence-corrected chi connectivity index (χ3v) is 5.71. The van der Waals surface area contributed by atoms with Crippen molar-refractivity contribution in [3.8, 4) is 0 Å². The second kappa shape index (κ2) is 9.00. The lowest BCUT2D eigenvalue weighted by Crippen LogP contribution is -2.34. The Hall–Kier alpha value is -0.130. The van der Waals surface area contributed by atoms with E-state index in [1.807, 2.05) is 0 Å². The smallest absolute Gasteiger partial charge is 0.211 e. The molecule has 1 aliphatic rings. The van der Waals surface area contributed by atoms with Gasteiger partial charge in [-0.1, -0.05) is 40.0 Å². The van der Waals surface area contributed by atoms with Gasteiger partial charge in [-0.2, -0.15) is 0 Å². The molecular weight excluding hydrogens is 272 g/mol. The third kappa shape index (κ3) is 7.60. The topological polar surface area (TPSA) is 58.2 Å². The first-order valence-electron chi connectivity index (χ1n) is 8.13. The molecular formula is C15H32N2O2S. The van der Waals surface area contributed by atoms with E-state index >= 15 is 0 Å². The minimum Gasteiger partial charge on any atom is -0.314 e. The van der Waals surface area contributed by atoms with Crippen molar-refractivity contribution in [2.75, 3.05) is 18.8 Å². The second-order valence-electron chi connectivity index (χ2n) is 6.42. The zero-order chi connectivity index (χ0) is 15.0. The van der Waals surface area contributed by atoms with Crippen molar-refractivity contribution in [2.24, 2.45) is 11.8 Å². The first-order valence-corrected chi connectivity index (χ1v) is 9.79. The average molecular weight is 305 g/mol. The van der Waals surface area contributed by atoms with Crippen molar-refractivity contribution in [1.82, 2.24) is 10.0 Å². The maximum Gasteiger partial charge on any atom is 0.211 e. The average Bonchev–Trinajstić information content (AvgIpc) is 2.42. The molecule has 0 aromatic carbocycles. The van der Waals surface area contributed by atoms with Crippen LogP contribution in [0.3, 0.4) is 0 Å². The fourth-order valence-corrected chi connectivity index (χ4v) is 3.97. The summed E-state index contributed by atoms with van der Waals surface area (Å²) in [6, 6.07) is 0.416. The molecule has 0 spiro atoms. The normalized spacial score (nSPS) is 24.2. The van der Waals surface area contributed by atoms with Crippen LogP contribution < -0.4 is 10.0 Å². The van der Waals surface area contributed by atoms with Gasteiger partial charge in [-0.15, -0.1) is 0 Å². The third-order valence-electron chi connectivity index (χ3n) is 4.28. The van der Waals surface area contributed by atoms with Crippen LogP contribution in [-0.4, -0.2) is 33.3 Å². The van der Waals surface area contributed by atoms with Crippen molar-refractivity contribution in [3.05, 3.63) is 0 Å². The summed E-state index contributed by atoms with van der Waals surface area (Å²) < 4.78 is 26.6. The fourth-order valence-electron chi connectivity index (χ4n) is 2.81. The standard InChI is InChI=1S/C15H32N2O2S/c1-4-14-6-8-15(9-7-14)12-17-20(18,19)11-5-10-16-13(2)3/h13-17H,4-12H2,1-3H3. The molecule has 0 saturated heterocycles. The van der Waals surface area contributed by atoms with E-state index in [0.29, 0.717) is 24.9 Å². The van der Waals surface area contributed by atoms with Crippen molar-refractivity contribution >= 4 is 10.0 Å². The van der Waals surface area contributed by atoms with Gasteiger partial charge in [0.05, 0.1) is 5.75 Å². The van der Waals surface area contributed by atoms with Gasteiger partial charge >= 0.3 is 0 Å². The van der Waals surface area contributed by atoms with Gasteiger partial charge in [0, 0.05) is 12.6 Å². The van der Waals surface area contributed by atoms with Crippen LogP contribution in [-0.2, 0) is 10.0 Å². The number of hydrogen-bond acceptors (Lipinski definition) is 3. The summed E-state index contributed by atoms with van der Waals surface area (Å²) in [4.78, 5) is 0. The summed E-state index contributed by atoms with van der Waals surface area (Å²) >= 11 is 0. The number of rotatable bonds is 9. The first-order chi connectivity index (χ1) is 9.43. The highest BCUT2D eigenvalue weighted by molar-refractivity contribution is 7.89. The summed E-state index contributed by atoms with van der Waals surface area (Å²) in [6.07, 6.45) is 6.83. The summed E-state index contributed by atoms with van der Waals surface area (Å²) in [5.74, 6) is 1.64. The van der Waals surface area contributed by atoms with Crippen LogP contribution in [0.5, 0.6) is 0 Å². The number of hydrogen-bond donors (Lipinski definition) is 2. The van der Waals surface area contributed by atoms with E-state index in [9.17, 15) is 8.42 Å². The van der Waals surface area contributed by atoms with Crippen LogP contribution in [0, 0.1) is 11.8 Å². The van der Waals surface area contributed by atoms with Gasteiger partial charge in [-0.3, -0.25) is 0 Å². The van der Waals surface area contributed by atoms with Crippen LogP contribution in [0.4, 0.5) is 0 Å². The van der Waals surface area contributed by atoms with E-state index in [4.69, 9.17) is 0 Å². The summed E-state index contributed by atoms with van der Waals surface area (Å²) in [7, 11) is -3.09. The van der Waals surface area contributed by atoms with Gasteiger partial charge in [0.1, 0.15) is 0 Å². The Labute approximate surface area is 125 Å². The molecule has 0 unspecified atom stereocenters. The maximum absolute atomic E-state index is 11.9. The van der Waals surface area contributed by atoms with E-state index in [1.165, 1.54) is 32.1 Å². The van der Waals surface area contributed by atoms with Gasteiger partial charge in [0.15, 0.2) is 0 Å². The van der Waals surface area contributed by atoms with E-state index < -0.39 is 10.0 Å². The zero-order valence-corrected chi connectivity index (χ0v) is 14.1. The Balaban J connectivity index is 2.16. The summed E-state index contributed by atoms with van der Waals surface area (Å²) in [5.41, 5.74) is 0. The number of nitrogens with one attached hydrogen (secondary N) is 2. The van der Waals surface area contributed by atoms with Crippen molar-refractivity contribution in [1.29, 1.82) is 0 Å². The molecule has 1 saturated carbocycles. The predicted octanol–water partition coefficient (Wildman–Crippen LogP) is 2.51. The molecule has 120 valence electrons. The van der Waals surface area contributed by atoms with Crippen LogP contribution in [0.2, 0.25) is 0 Å². The molecule has 1 fully saturated rings. The fraction of sp³-hybridized carbons (Fsp3) is 1.00. The molecule has 0 aromatic heterocycles. The Bertz CT molecular complexity index is 347. The van der Waals surface area contributed by atoms with Crippen LogP contribution in [0.25, 0.3) is 0 Å². The van der Waals surface area contributed by atoms with Gasteiger partial charge in [0.2, 0.25) is 10.0 Å². The molecule has 0 radical (unpaired) electrons. The van der Waals surface area contributed by atoms with E-state index in [1.54, 1.807) is 0 Å². The maximum atomic E-state index is 11.9. The molecule has 0 amide bonds. The Morgan fingerprint density at radius 3 is 2.25 bits per heavy atom. The molecule has 5 heteroatoms. The molecule has 20 heavy (non-hydrogen) atoms. The van der Waals surface area contributed by atoms with Crippen molar-refractivity contribution in [3.63, 3.8) is 0 Å². The van der Waals surface area contributed by atoms with E-state index in [2.05, 4.69) is 30.8 Å². The summed E-state index contributed by atoms with van der Waals surface area (Å²) in [6.45, 7) is 7.79. The Morgan fingerprint density at radius 2 is 1.70 bits per heavy atom. The lowest BCUT2D eigenvalue weighted by Gasteiger charge is -2.27. The highest BCUT2D eigenvalue weighted by atomic mass is 32.2. The summed E-state index contributed by atoms with van der Waals surface area (Å²) in [5, 5.41) is 3.24. The molecule has 0 atom stereocenters. The molecule has 0 aliphatic heterocycles. The predicted molar refractivity (Wildman–Crippen MR) is 85.3 cm³/mol. The SMILES string of the molecule is CCC1CCC(CNS(=O)(=O)CCCNC(C)C)CC1. The first kappa shape index (κ1) is 17.9. The van der Waals surface area contributed by atoms with Gasteiger partial charge in [0.25, 0.3) is 0 Å². The highest BCUT2D eigenvalue weighted by Gasteiger charge is 2.21. The Morgan fingerprint density at radius 1 is 1.10 bits per heavy atom. The lowest BCUT2D eigenvalue weighted by atomic mass is 9.81. The monoisotopic (exact) mass is 304 g/mol. The molecule has 1 aliphatic carbocycles. The molecule has 2 N–H and O–H groups in total. The van der Waals surface area contributed by atoms with E-state index in [-0.39, 0.29) is 5.75 Å². The zero-order valence-electron chi connectivity index (χ0n) is 13.3. The molecule has 4 nitrogen and oxygen atoms in total. The minimum atomic E-state index is -3.09. The Kier molecular flexibility index (Phi) is 8.07. The van der Waals surface area contributed by atoms with E-state index in [0.717, 1.165) is 12.5 Å². The highest BCUT2D eigenvalue weighted by Crippen LogP contribution is 2.30. The van der Waals surface area contributed by atoms with Crippen molar-refractivity contribution in [2.45, 2.75) is 65.3 Å². The molecule has 0 bridgehead atoms.